The molecule has 3 N–H and O–H groups in total. The van der Waals surface area contributed by atoms with Crippen molar-refractivity contribution in [2.75, 3.05) is 13.1 Å². The molecule has 0 spiro atoms. The number of carbonyl (C=O) groups excluding carboxylic acids is 1. The highest BCUT2D eigenvalue weighted by atomic mass is 16.1. The molecule has 0 aromatic heterocycles. The summed E-state index contributed by atoms with van der Waals surface area (Å²) in [6.45, 7) is 1.51. The second kappa shape index (κ2) is 8.76. The fourth-order valence-electron chi connectivity index (χ4n) is 1.66. The minimum atomic E-state index is 0.140. The van der Waals surface area contributed by atoms with E-state index in [1.54, 1.807) is 0 Å². The van der Waals surface area contributed by atoms with E-state index < -0.39 is 0 Å². The van der Waals surface area contributed by atoms with Crippen LogP contribution in [0.25, 0.3) is 0 Å². The lowest BCUT2D eigenvalue weighted by Gasteiger charge is -2.05. The van der Waals surface area contributed by atoms with Crippen LogP contribution in [0.1, 0.15) is 31.2 Å². The lowest BCUT2D eigenvalue weighted by molar-refractivity contribution is -0.121. The van der Waals surface area contributed by atoms with E-state index in [0.717, 1.165) is 38.8 Å². The summed E-state index contributed by atoms with van der Waals surface area (Å²) in [6.07, 6.45) is 4.54. The lowest BCUT2D eigenvalue weighted by atomic mass is 10.1. The van der Waals surface area contributed by atoms with Gasteiger partial charge in [0.1, 0.15) is 0 Å². The zero-order valence-corrected chi connectivity index (χ0v) is 10.3. The van der Waals surface area contributed by atoms with Gasteiger partial charge in [0.15, 0.2) is 0 Å². The molecule has 0 saturated carbocycles. The molecular weight excluding hydrogens is 212 g/mol. The maximum Gasteiger partial charge on any atom is 0.220 e. The van der Waals surface area contributed by atoms with Crippen molar-refractivity contribution in [1.82, 2.24) is 5.32 Å². The standard InChI is InChI=1S/C14H22N2O/c15-11-5-2-6-12-16-14(17)10-9-13-7-3-1-4-8-13/h1,3-4,7-8H,2,5-6,9-12,15H2,(H,16,17). The summed E-state index contributed by atoms with van der Waals surface area (Å²) in [5.74, 6) is 0.140. The summed E-state index contributed by atoms with van der Waals surface area (Å²) in [6, 6.07) is 10.1. The molecule has 94 valence electrons. The van der Waals surface area contributed by atoms with Crippen LogP contribution in [0.2, 0.25) is 0 Å². The van der Waals surface area contributed by atoms with Gasteiger partial charge in [0.2, 0.25) is 5.91 Å². The van der Waals surface area contributed by atoms with E-state index in [9.17, 15) is 4.79 Å². The second-order valence-corrected chi connectivity index (χ2v) is 4.18. The third kappa shape index (κ3) is 6.74. The Labute approximate surface area is 103 Å². The maximum absolute atomic E-state index is 11.5. The third-order valence-electron chi connectivity index (χ3n) is 2.69. The molecule has 0 saturated heterocycles. The fraction of sp³-hybridized carbons (Fsp3) is 0.500. The van der Waals surface area contributed by atoms with Crippen molar-refractivity contribution in [2.24, 2.45) is 5.73 Å². The van der Waals surface area contributed by atoms with Gasteiger partial charge >= 0.3 is 0 Å². The zero-order valence-electron chi connectivity index (χ0n) is 10.3. The van der Waals surface area contributed by atoms with Crippen LogP contribution in [0.3, 0.4) is 0 Å². The average Bonchev–Trinajstić information content (AvgIpc) is 2.37. The Hall–Kier alpha value is -1.35. The second-order valence-electron chi connectivity index (χ2n) is 4.18. The Kier molecular flexibility index (Phi) is 7.07. The van der Waals surface area contributed by atoms with Gasteiger partial charge in [0, 0.05) is 13.0 Å². The summed E-state index contributed by atoms with van der Waals surface area (Å²) in [5, 5.41) is 2.93. The number of nitrogens with one attached hydrogen (secondary N) is 1. The summed E-state index contributed by atoms with van der Waals surface area (Å²) in [7, 11) is 0. The predicted molar refractivity (Wildman–Crippen MR) is 70.7 cm³/mol. The van der Waals surface area contributed by atoms with Gasteiger partial charge in [0.25, 0.3) is 0 Å². The highest BCUT2D eigenvalue weighted by Crippen LogP contribution is 2.02. The van der Waals surface area contributed by atoms with Crippen LogP contribution in [0.4, 0.5) is 0 Å². The number of hydrogen-bond acceptors (Lipinski definition) is 2. The van der Waals surface area contributed by atoms with Crippen LogP contribution in [0.15, 0.2) is 30.3 Å². The first-order chi connectivity index (χ1) is 8.33. The van der Waals surface area contributed by atoms with Crippen LogP contribution >= 0.6 is 0 Å². The minimum Gasteiger partial charge on any atom is -0.356 e. The van der Waals surface area contributed by atoms with Gasteiger partial charge in [-0.1, -0.05) is 36.8 Å². The van der Waals surface area contributed by atoms with Gasteiger partial charge in [0.05, 0.1) is 0 Å². The summed E-state index contributed by atoms with van der Waals surface area (Å²) in [4.78, 5) is 11.5. The molecule has 0 heterocycles. The molecule has 0 bridgehead atoms. The van der Waals surface area contributed by atoms with Gasteiger partial charge in [-0.05, 0) is 31.4 Å². The molecule has 0 radical (unpaired) electrons. The number of amides is 1. The fourth-order valence-corrected chi connectivity index (χ4v) is 1.66. The first-order valence-corrected chi connectivity index (χ1v) is 6.33. The molecule has 0 unspecified atom stereocenters. The molecule has 1 aromatic rings. The number of rotatable bonds is 8. The molecule has 1 aromatic carbocycles. The summed E-state index contributed by atoms with van der Waals surface area (Å²) >= 11 is 0. The highest BCUT2D eigenvalue weighted by molar-refractivity contribution is 5.76. The van der Waals surface area contributed by atoms with E-state index in [0.29, 0.717) is 6.42 Å². The van der Waals surface area contributed by atoms with Crippen molar-refractivity contribution in [3.05, 3.63) is 35.9 Å². The largest absolute Gasteiger partial charge is 0.356 e. The number of aryl methyl sites for hydroxylation is 1. The molecular formula is C14H22N2O. The molecule has 0 aliphatic carbocycles. The Morgan fingerprint density at radius 1 is 1.12 bits per heavy atom. The maximum atomic E-state index is 11.5. The van der Waals surface area contributed by atoms with Crippen LogP contribution in [0.5, 0.6) is 0 Å². The molecule has 0 aliphatic rings. The molecule has 1 rings (SSSR count). The molecule has 1 amide bonds. The molecule has 0 aliphatic heterocycles. The number of unbranched alkanes of at least 4 members (excludes halogenated alkanes) is 2. The molecule has 17 heavy (non-hydrogen) atoms. The molecule has 0 atom stereocenters. The van der Waals surface area contributed by atoms with Crippen LogP contribution < -0.4 is 11.1 Å². The summed E-state index contributed by atoms with van der Waals surface area (Å²) in [5.41, 5.74) is 6.61. The van der Waals surface area contributed by atoms with E-state index in [1.807, 2.05) is 18.2 Å². The molecule has 3 heteroatoms. The third-order valence-corrected chi connectivity index (χ3v) is 2.69. The lowest BCUT2D eigenvalue weighted by Crippen LogP contribution is -2.24. The molecule has 3 nitrogen and oxygen atoms in total. The van der Waals surface area contributed by atoms with E-state index >= 15 is 0 Å². The zero-order chi connectivity index (χ0) is 12.3. The first-order valence-electron chi connectivity index (χ1n) is 6.33. The van der Waals surface area contributed by atoms with E-state index in [4.69, 9.17) is 5.73 Å². The average molecular weight is 234 g/mol. The number of hydrogen-bond donors (Lipinski definition) is 2. The summed E-state index contributed by atoms with van der Waals surface area (Å²) < 4.78 is 0. The Balaban J connectivity index is 2.05. The van der Waals surface area contributed by atoms with Crippen LogP contribution in [-0.2, 0) is 11.2 Å². The Morgan fingerprint density at radius 3 is 2.59 bits per heavy atom. The SMILES string of the molecule is NCCCCCNC(=O)CCc1ccccc1. The van der Waals surface area contributed by atoms with Gasteiger partial charge in [-0.3, -0.25) is 4.79 Å². The van der Waals surface area contributed by atoms with Crippen molar-refractivity contribution in [1.29, 1.82) is 0 Å². The topological polar surface area (TPSA) is 55.1 Å². The van der Waals surface area contributed by atoms with Crippen LogP contribution in [-0.4, -0.2) is 19.0 Å². The molecule has 0 fully saturated rings. The van der Waals surface area contributed by atoms with E-state index in [-0.39, 0.29) is 5.91 Å². The highest BCUT2D eigenvalue weighted by Gasteiger charge is 2.00. The van der Waals surface area contributed by atoms with Crippen molar-refractivity contribution in [3.8, 4) is 0 Å². The predicted octanol–water partition coefficient (Wildman–Crippen LogP) is 1.86. The Morgan fingerprint density at radius 2 is 1.88 bits per heavy atom. The smallest absolute Gasteiger partial charge is 0.220 e. The van der Waals surface area contributed by atoms with Gasteiger partial charge in [-0.2, -0.15) is 0 Å². The van der Waals surface area contributed by atoms with Gasteiger partial charge in [-0.25, -0.2) is 0 Å². The van der Waals surface area contributed by atoms with Crippen molar-refractivity contribution < 1.29 is 4.79 Å². The number of benzene rings is 1. The number of nitrogens with two attached hydrogens (primary N) is 1. The minimum absolute atomic E-state index is 0.140. The normalized spacial score (nSPS) is 10.2. The first kappa shape index (κ1) is 13.7. The van der Waals surface area contributed by atoms with Crippen molar-refractivity contribution in [2.45, 2.75) is 32.1 Å². The monoisotopic (exact) mass is 234 g/mol. The quantitative estimate of drug-likeness (QED) is 0.675. The van der Waals surface area contributed by atoms with Crippen molar-refractivity contribution >= 4 is 5.91 Å². The van der Waals surface area contributed by atoms with E-state index in [2.05, 4.69) is 17.4 Å². The van der Waals surface area contributed by atoms with Crippen molar-refractivity contribution in [3.63, 3.8) is 0 Å². The number of carbonyl (C=O) groups is 1. The van der Waals surface area contributed by atoms with Gasteiger partial charge < -0.3 is 11.1 Å². The Bertz CT molecular complexity index is 311. The van der Waals surface area contributed by atoms with Gasteiger partial charge in [-0.15, -0.1) is 0 Å². The van der Waals surface area contributed by atoms with E-state index in [1.165, 1.54) is 5.56 Å². The van der Waals surface area contributed by atoms with Crippen LogP contribution in [0, 0.1) is 0 Å².